The number of carbonyl (C=O) groups excluding carboxylic acids is 4. The molecule has 0 radical (unpaired) electrons. The van der Waals surface area contributed by atoms with Crippen molar-refractivity contribution in [3.63, 3.8) is 0 Å². The van der Waals surface area contributed by atoms with Gasteiger partial charge < -0.3 is 9.15 Å². The lowest BCUT2D eigenvalue weighted by Crippen LogP contribution is -2.33. The average molecular weight is 387 g/mol. The Labute approximate surface area is 158 Å². The van der Waals surface area contributed by atoms with Gasteiger partial charge in [-0.05, 0) is 31.5 Å². The molecule has 3 rings (SSSR count). The highest BCUT2D eigenvalue weighted by Gasteiger charge is 2.43. The second kappa shape index (κ2) is 7.51. The van der Waals surface area contributed by atoms with Crippen LogP contribution in [-0.4, -0.2) is 46.9 Å². The van der Waals surface area contributed by atoms with Crippen molar-refractivity contribution in [1.29, 1.82) is 0 Å². The van der Waals surface area contributed by atoms with Gasteiger partial charge in [-0.3, -0.25) is 24.7 Å². The summed E-state index contributed by atoms with van der Waals surface area (Å²) in [6.07, 6.45) is -0.660. The topological polar surface area (TPSA) is 126 Å². The Bertz CT molecular complexity index is 1040. The standard InChI is InChI=1S/C18H17N3O7/c1-3-20-15(23)16(24)21(18(20)26)9-10-7-14(22)28-13-8-11(5-6-12(10)13)19-17(25)27-4-2/h5-8H,3-4,9H2,1-2H3,(H,19,25). The number of amides is 5. The summed E-state index contributed by atoms with van der Waals surface area (Å²) in [4.78, 5) is 61.3. The first-order valence-corrected chi connectivity index (χ1v) is 8.53. The molecule has 2 heterocycles. The molecule has 0 spiro atoms. The number of likely N-dealkylation sites (N-methyl/N-ethyl adjacent to an activating group) is 1. The van der Waals surface area contributed by atoms with E-state index in [2.05, 4.69) is 5.32 Å². The fraction of sp³-hybridized carbons (Fsp3) is 0.278. The smallest absolute Gasteiger partial charge is 0.411 e. The number of fused-ring (bicyclic) bond motifs is 1. The minimum atomic E-state index is -0.950. The fourth-order valence-electron chi connectivity index (χ4n) is 2.86. The summed E-state index contributed by atoms with van der Waals surface area (Å²) in [5.74, 6) is -1.85. The second-order valence-corrected chi connectivity index (χ2v) is 5.87. The number of urea groups is 1. The summed E-state index contributed by atoms with van der Waals surface area (Å²) < 4.78 is 9.94. The van der Waals surface area contributed by atoms with Crippen LogP contribution in [0.25, 0.3) is 11.0 Å². The van der Waals surface area contributed by atoms with E-state index in [0.29, 0.717) is 16.6 Å². The van der Waals surface area contributed by atoms with Crippen molar-refractivity contribution in [2.24, 2.45) is 0 Å². The molecule has 0 bridgehead atoms. The zero-order chi connectivity index (χ0) is 20.4. The summed E-state index contributed by atoms with van der Waals surface area (Å²) in [7, 11) is 0. The molecule has 1 saturated heterocycles. The number of ether oxygens (including phenoxy) is 1. The van der Waals surface area contributed by atoms with Crippen LogP contribution in [-0.2, 0) is 20.9 Å². The normalized spacial score (nSPS) is 14.1. The van der Waals surface area contributed by atoms with Gasteiger partial charge in [0.15, 0.2) is 0 Å². The molecule has 5 amide bonds. The summed E-state index contributed by atoms with van der Waals surface area (Å²) >= 11 is 0. The van der Waals surface area contributed by atoms with Crippen LogP contribution in [0.3, 0.4) is 0 Å². The quantitative estimate of drug-likeness (QED) is 0.470. The van der Waals surface area contributed by atoms with Crippen LogP contribution in [0.4, 0.5) is 15.3 Å². The number of carbonyl (C=O) groups is 4. The van der Waals surface area contributed by atoms with Crippen LogP contribution in [0.5, 0.6) is 0 Å². The third kappa shape index (κ3) is 3.43. The van der Waals surface area contributed by atoms with Gasteiger partial charge in [0.1, 0.15) is 5.58 Å². The number of benzene rings is 1. The zero-order valence-corrected chi connectivity index (χ0v) is 15.2. The molecule has 1 aromatic heterocycles. The van der Waals surface area contributed by atoms with Crippen molar-refractivity contribution >= 4 is 40.6 Å². The Morgan fingerprint density at radius 3 is 2.43 bits per heavy atom. The molecule has 1 aromatic carbocycles. The van der Waals surface area contributed by atoms with Gasteiger partial charge >= 0.3 is 29.6 Å². The van der Waals surface area contributed by atoms with Gasteiger partial charge in [0, 0.05) is 29.8 Å². The molecule has 0 unspecified atom stereocenters. The molecule has 2 aromatic rings. The van der Waals surface area contributed by atoms with E-state index >= 15 is 0 Å². The number of hydrogen-bond acceptors (Lipinski definition) is 7. The highest BCUT2D eigenvalue weighted by molar-refractivity contribution is 6.44. The van der Waals surface area contributed by atoms with Crippen molar-refractivity contribution in [3.8, 4) is 0 Å². The molecule has 1 aliphatic heterocycles. The van der Waals surface area contributed by atoms with Crippen molar-refractivity contribution in [2.45, 2.75) is 20.4 Å². The van der Waals surface area contributed by atoms with E-state index in [1.165, 1.54) is 6.07 Å². The first-order chi connectivity index (χ1) is 13.3. The molecule has 146 valence electrons. The average Bonchev–Trinajstić information content (AvgIpc) is 2.84. The minimum Gasteiger partial charge on any atom is -0.450 e. The van der Waals surface area contributed by atoms with E-state index in [0.717, 1.165) is 15.9 Å². The maximum Gasteiger partial charge on any atom is 0.411 e. The number of imide groups is 2. The Morgan fingerprint density at radius 2 is 1.79 bits per heavy atom. The molecular weight excluding hydrogens is 370 g/mol. The van der Waals surface area contributed by atoms with Crippen LogP contribution in [0.1, 0.15) is 19.4 Å². The minimum absolute atomic E-state index is 0.0699. The van der Waals surface area contributed by atoms with Crippen LogP contribution in [0.15, 0.2) is 33.5 Å². The third-order valence-electron chi connectivity index (χ3n) is 4.13. The Balaban J connectivity index is 1.95. The van der Waals surface area contributed by atoms with Crippen LogP contribution in [0.2, 0.25) is 0 Å². The fourth-order valence-corrected chi connectivity index (χ4v) is 2.86. The van der Waals surface area contributed by atoms with E-state index in [1.807, 2.05) is 0 Å². The van der Waals surface area contributed by atoms with Gasteiger partial charge in [-0.25, -0.2) is 14.4 Å². The van der Waals surface area contributed by atoms with Crippen molar-refractivity contribution in [3.05, 3.63) is 40.2 Å². The van der Waals surface area contributed by atoms with Gasteiger partial charge in [0.05, 0.1) is 13.2 Å². The van der Waals surface area contributed by atoms with Gasteiger partial charge in [-0.15, -0.1) is 0 Å². The van der Waals surface area contributed by atoms with Crippen LogP contribution >= 0.6 is 0 Å². The molecule has 1 fully saturated rings. The van der Waals surface area contributed by atoms with E-state index in [1.54, 1.807) is 26.0 Å². The molecule has 28 heavy (non-hydrogen) atoms. The number of hydrogen-bond donors (Lipinski definition) is 1. The number of nitrogens with one attached hydrogen (secondary N) is 1. The second-order valence-electron chi connectivity index (χ2n) is 5.87. The Kier molecular flexibility index (Phi) is 5.12. The summed E-state index contributed by atoms with van der Waals surface area (Å²) in [5.41, 5.74) is 0.122. The van der Waals surface area contributed by atoms with Gasteiger partial charge in [-0.1, -0.05) is 0 Å². The van der Waals surface area contributed by atoms with Gasteiger partial charge in [0.2, 0.25) is 0 Å². The zero-order valence-electron chi connectivity index (χ0n) is 15.2. The molecule has 0 aliphatic carbocycles. The first kappa shape index (κ1) is 19.1. The van der Waals surface area contributed by atoms with Gasteiger partial charge in [-0.2, -0.15) is 0 Å². The van der Waals surface area contributed by atoms with Crippen molar-refractivity contribution < 1.29 is 28.3 Å². The predicted octanol–water partition coefficient (Wildman–Crippen LogP) is 1.67. The van der Waals surface area contributed by atoms with Crippen molar-refractivity contribution in [2.75, 3.05) is 18.5 Å². The summed E-state index contributed by atoms with van der Waals surface area (Å²) in [6.45, 7) is 3.25. The van der Waals surface area contributed by atoms with E-state index in [9.17, 15) is 24.0 Å². The summed E-state index contributed by atoms with van der Waals surface area (Å²) in [5, 5.41) is 2.94. The Morgan fingerprint density at radius 1 is 1.07 bits per heavy atom. The molecule has 0 saturated carbocycles. The molecule has 1 N–H and O–H groups in total. The Hall–Kier alpha value is -3.69. The van der Waals surface area contributed by atoms with E-state index in [-0.39, 0.29) is 25.3 Å². The summed E-state index contributed by atoms with van der Waals surface area (Å²) in [6, 6.07) is 4.97. The highest BCUT2D eigenvalue weighted by Crippen LogP contribution is 2.24. The monoisotopic (exact) mass is 387 g/mol. The predicted molar refractivity (Wildman–Crippen MR) is 96.5 cm³/mol. The van der Waals surface area contributed by atoms with E-state index < -0.39 is 29.6 Å². The SMILES string of the molecule is CCOC(=O)Nc1ccc2c(CN3C(=O)C(=O)N(CC)C3=O)cc(=O)oc2c1. The molecule has 10 nitrogen and oxygen atoms in total. The maximum atomic E-state index is 12.3. The highest BCUT2D eigenvalue weighted by atomic mass is 16.5. The largest absolute Gasteiger partial charge is 0.450 e. The number of nitrogens with zero attached hydrogens (tertiary/aromatic N) is 2. The number of anilines is 1. The molecular formula is C18H17N3O7. The lowest BCUT2D eigenvalue weighted by Gasteiger charge is -2.15. The molecule has 0 atom stereocenters. The lowest BCUT2D eigenvalue weighted by molar-refractivity contribution is -0.143. The number of rotatable bonds is 5. The van der Waals surface area contributed by atoms with Gasteiger partial charge in [0.25, 0.3) is 0 Å². The molecule has 1 aliphatic rings. The van der Waals surface area contributed by atoms with Crippen molar-refractivity contribution in [1.82, 2.24) is 9.80 Å². The molecule has 10 heteroatoms. The van der Waals surface area contributed by atoms with Crippen LogP contribution < -0.4 is 10.9 Å². The van der Waals surface area contributed by atoms with Crippen LogP contribution in [0, 0.1) is 0 Å². The lowest BCUT2D eigenvalue weighted by atomic mass is 10.1. The first-order valence-electron chi connectivity index (χ1n) is 8.53. The van der Waals surface area contributed by atoms with E-state index in [4.69, 9.17) is 9.15 Å². The maximum absolute atomic E-state index is 12.3. The third-order valence-corrected chi connectivity index (χ3v) is 4.13.